The predicted molar refractivity (Wildman–Crippen MR) is 72.3 cm³/mol. The van der Waals surface area contributed by atoms with E-state index in [1.165, 1.54) is 21.7 Å². The third kappa shape index (κ3) is 2.58. The van der Waals surface area contributed by atoms with Gasteiger partial charge in [0.15, 0.2) is 0 Å². The molecule has 0 fully saturated rings. The standard InChI is InChI=1S/C13H19N3S/c1-9-5-6-17-13(9)10(2)14-7-12-8-15-16(4)11(12)3/h5-6,8,10,14H,7H2,1-4H3. The molecule has 0 bridgehead atoms. The monoisotopic (exact) mass is 249 g/mol. The van der Waals surface area contributed by atoms with Gasteiger partial charge in [-0.05, 0) is 37.8 Å². The molecule has 0 spiro atoms. The van der Waals surface area contributed by atoms with Crippen molar-refractivity contribution in [1.29, 1.82) is 0 Å². The molecule has 1 unspecified atom stereocenters. The topological polar surface area (TPSA) is 29.9 Å². The number of aryl methyl sites for hydroxylation is 2. The van der Waals surface area contributed by atoms with E-state index >= 15 is 0 Å². The van der Waals surface area contributed by atoms with Crippen LogP contribution < -0.4 is 5.32 Å². The average molecular weight is 249 g/mol. The number of thiophene rings is 1. The summed E-state index contributed by atoms with van der Waals surface area (Å²) in [4.78, 5) is 1.42. The van der Waals surface area contributed by atoms with Crippen LogP contribution in [0.3, 0.4) is 0 Å². The number of nitrogens with one attached hydrogen (secondary N) is 1. The average Bonchev–Trinajstić information content (AvgIpc) is 2.85. The van der Waals surface area contributed by atoms with E-state index in [0.29, 0.717) is 6.04 Å². The minimum atomic E-state index is 0.398. The van der Waals surface area contributed by atoms with Crippen molar-refractivity contribution in [2.24, 2.45) is 7.05 Å². The highest BCUT2D eigenvalue weighted by molar-refractivity contribution is 7.10. The van der Waals surface area contributed by atoms with Crippen LogP contribution in [-0.4, -0.2) is 9.78 Å². The lowest BCUT2D eigenvalue weighted by molar-refractivity contribution is 0.578. The quantitative estimate of drug-likeness (QED) is 0.903. The van der Waals surface area contributed by atoms with Gasteiger partial charge in [0, 0.05) is 35.8 Å². The molecule has 0 saturated heterocycles. The number of rotatable bonds is 4. The van der Waals surface area contributed by atoms with Crippen molar-refractivity contribution < 1.29 is 0 Å². The van der Waals surface area contributed by atoms with Gasteiger partial charge in [0.1, 0.15) is 0 Å². The van der Waals surface area contributed by atoms with E-state index in [1.54, 1.807) is 0 Å². The maximum atomic E-state index is 4.25. The van der Waals surface area contributed by atoms with E-state index in [1.807, 2.05) is 29.3 Å². The Morgan fingerprint density at radius 3 is 2.76 bits per heavy atom. The van der Waals surface area contributed by atoms with Crippen LogP contribution in [0.1, 0.15) is 34.7 Å². The van der Waals surface area contributed by atoms with Crippen molar-refractivity contribution in [2.75, 3.05) is 0 Å². The molecular formula is C13H19N3S. The number of aromatic nitrogens is 2. The normalized spacial score (nSPS) is 12.9. The summed E-state index contributed by atoms with van der Waals surface area (Å²) in [6.45, 7) is 7.35. The minimum absolute atomic E-state index is 0.398. The van der Waals surface area contributed by atoms with Gasteiger partial charge in [-0.1, -0.05) is 0 Å². The zero-order chi connectivity index (χ0) is 12.4. The summed E-state index contributed by atoms with van der Waals surface area (Å²) >= 11 is 1.82. The lowest BCUT2D eigenvalue weighted by Gasteiger charge is -2.13. The van der Waals surface area contributed by atoms with E-state index in [4.69, 9.17) is 0 Å². The van der Waals surface area contributed by atoms with E-state index < -0.39 is 0 Å². The first-order valence-electron chi connectivity index (χ1n) is 5.84. The molecule has 2 aromatic heterocycles. The summed E-state index contributed by atoms with van der Waals surface area (Å²) in [5, 5.41) is 9.96. The fourth-order valence-electron chi connectivity index (χ4n) is 1.90. The summed E-state index contributed by atoms with van der Waals surface area (Å²) in [5.41, 5.74) is 3.87. The molecule has 1 N–H and O–H groups in total. The Kier molecular flexibility index (Phi) is 3.64. The summed E-state index contributed by atoms with van der Waals surface area (Å²) in [7, 11) is 1.98. The first kappa shape index (κ1) is 12.3. The molecule has 92 valence electrons. The molecule has 2 aromatic rings. The molecule has 0 aliphatic carbocycles. The highest BCUT2D eigenvalue weighted by Crippen LogP contribution is 2.23. The highest BCUT2D eigenvalue weighted by Gasteiger charge is 2.10. The van der Waals surface area contributed by atoms with Gasteiger partial charge in [0.2, 0.25) is 0 Å². The number of hydrogen-bond donors (Lipinski definition) is 1. The zero-order valence-electron chi connectivity index (χ0n) is 10.8. The predicted octanol–water partition coefficient (Wildman–Crippen LogP) is 2.95. The maximum Gasteiger partial charge on any atom is 0.0537 e. The SMILES string of the molecule is Cc1ccsc1C(C)NCc1cnn(C)c1C. The molecule has 0 amide bonds. The van der Waals surface area contributed by atoms with Crippen molar-refractivity contribution in [1.82, 2.24) is 15.1 Å². The van der Waals surface area contributed by atoms with Gasteiger partial charge in [-0.2, -0.15) is 5.10 Å². The molecule has 2 heterocycles. The molecule has 1 atom stereocenters. The van der Waals surface area contributed by atoms with Gasteiger partial charge in [0.25, 0.3) is 0 Å². The summed E-state index contributed by atoms with van der Waals surface area (Å²) in [6.07, 6.45) is 1.94. The van der Waals surface area contributed by atoms with Crippen molar-refractivity contribution in [2.45, 2.75) is 33.4 Å². The van der Waals surface area contributed by atoms with Crippen molar-refractivity contribution in [3.63, 3.8) is 0 Å². The molecule has 0 saturated carbocycles. The lowest BCUT2D eigenvalue weighted by atomic mass is 10.2. The molecule has 0 aromatic carbocycles. The van der Waals surface area contributed by atoms with Gasteiger partial charge < -0.3 is 5.32 Å². The third-order valence-corrected chi connectivity index (χ3v) is 4.43. The second-order valence-corrected chi connectivity index (χ2v) is 5.40. The van der Waals surface area contributed by atoms with E-state index in [2.05, 4.69) is 42.6 Å². The van der Waals surface area contributed by atoms with Crippen molar-refractivity contribution in [3.05, 3.63) is 39.3 Å². The highest BCUT2D eigenvalue weighted by atomic mass is 32.1. The maximum absolute atomic E-state index is 4.25. The fourth-order valence-corrected chi connectivity index (χ4v) is 2.86. The Labute approximate surface area is 106 Å². The molecule has 2 rings (SSSR count). The zero-order valence-corrected chi connectivity index (χ0v) is 11.6. The van der Waals surface area contributed by atoms with Crippen LogP contribution in [-0.2, 0) is 13.6 Å². The van der Waals surface area contributed by atoms with Crippen LogP contribution in [0.2, 0.25) is 0 Å². The molecule has 3 nitrogen and oxygen atoms in total. The molecule has 0 radical (unpaired) electrons. The molecular weight excluding hydrogens is 230 g/mol. The second kappa shape index (κ2) is 5.02. The first-order chi connectivity index (χ1) is 8.09. The second-order valence-electron chi connectivity index (χ2n) is 4.45. The summed E-state index contributed by atoms with van der Waals surface area (Å²) in [5.74, 6) is 0. The molecule has 17 heavy (non-hydrogen) atoms. The van der Waals surface area contributed by atoms with Crippen LogP contribution in [0.15, 0.2) is 17.6 Å². The van der Waals surface area contributed by atoms with Gasteiger partial charge >= 0.3 is 0 Å². The van der Waals surface area contributed by atoms with Gasteiger partial charge in [-0.3, -0.25) is 4.68 Å². The Hall–Kier alpha value is -1.13. The van der Waals surface area contributed by atoms with Crippen LogP contribution >= 0.6 is 11.3 Å². The van der Waals surface area contributed by atoms with Gasteiger partial charge in [-0.25, -0.2) is 0 Å². The fraction of sp³-hybridized carbons (Fsp3) is 0.462. The van der Waals surface area contributed by atoms with Crippen molar-refractivity contribution >= 4 is 11.3 Å². The smallest absolute Gasteiger partial charge is 0.0537 e. The van der Waals surface area contributed by atoms with Crippen LogP contribution in [0.4, 0.5) is 0 Å². The summed E-state index contributed by atoms with van der Waals surface area (Å²) in [6, 6.07) is 2.57. The Balaban J connectivity index is 1.99. The van der Waals surface area contributed by atoms with E-state index in [9.17, 15) is 0 Å². The Morgan fingerprint density at radius 1 is 1.47 bits per heavy atom. The Bertz CT molecular complexity index is 498. The van der Waals surface area contributed by atoms with Gasteiger partial charge in [-0.15, -0.1) is 11.3 Å². The van der Waals surface area contributed by atoms with Crippen molar-refractivity contribution in [3.8, 4) is 0 Å². The molecule has 0 aliphatic heterocycles. The molecule has 0 aliphatic rings. The molecule has 4 heteroatoms. The van der Waals surface area contributed by atoms with Crippen LogP contribution in [0.5, 0.6) is 0 Å². The third-order valence-electron chi connectivity index (χ3n) is 3.23. The van der Waals surface area contributed by atoms with Gasteiger partial charge in [0.05, 0.1) is 6.20 Å². The largest absolute Gasteiger partial charge is 0.305 e. The Morgan fingerprint density at radius 2 is 2.24 bits per heavy atom. The first-order valence-corrected chi connectivity index (χ1v) is 6.72. The summed E-state index contributed by atoms with van der Waals surface area (Å²) < 4.78 is 1.91. The lowest BCUT2D eigenvalue weighted by Crippen LogP contribution is -2.18. The van der Waals surface area contributed by atoms with Crippen LogP contribution in [0.25, 0.3) is 0 Å². The van der Waals surface area contributed by atoms with Crippen LogP contribution in [0, 0.1) is 13.8 Å². The number of hydrogen-bond acceptors (Lipinski definition) is 3. The van der Waals surface area contributed by atoms with E-state index in [-0.39, 0.29) is 0 Å². The van der Waals surface area contributed by atoms with E-state index in [0.717, 1.165) is 6.54 Å². The minimum Gasteiger partial charge on any atom is -0.305 e. The number of nitrogens with zero attached hydrogens (tertiary/aromatic N) is 2.